The molecule has 1 amide bonds. The number of piperidine rings is 1. The summed E-state index contributed by atoms with van der Waals surface area (Å²) in [4.78, 5) is 25.4. The third-order valence-electron chi connectivity index (χ3n) is 4.37. The van der Waals surface area contributed by atoms with Crippen LogP contribution in [0.25, 0.3) is 0 Å². The van der Waals surface area contributed by atoms with Crippen molar-refractivity contribution in [2.24, 2.45) is 0 Å². The maximum Gasteiger partial charge on any atom is 0.338 e. The van der Waals surface area contributed by atoms with E-state index < -0.39 is 5.97 Å². The van der Waals surface area contributed by atoms with Crippen molar-refractivity contribution in [3.05, 3.63) is 47.8 Å². The van der Waals surface area contributed by atoms with E-state index in [9.17, 15) is 9.59 Å². The van der Waals surface area contributed by atoms with Gasteiger partial charge in [-0.3, -0.25) is 9.48 Å². The minimum atomic E-state index is -0.979. The molecular weight excluding hydrogens is 322 g/mol. The number of carbonyl (C=O) groups is 2. The average molecular weight is 343 g/mol. The van der Waals surface area contributed by atoms with Crippen molar-refractivity contribution in [1.82, 2.24) is 14.7 Å². The largest absolute Gasteiger partial charge is 0.494 e. The number of carbonyl (C=O) groups excluding carboxylic acids is 1. The van der Waals surface area contributed by atoms with Crippen molar-refractivity contribution in [1.29, 1.82) is 0 Å². The second-order valence-electron chi connectivity index (χ2n) is 6.00. The molecule has 1 aromatic heterocycles. The molecule has 1 fully saturated rings. The van der Waals surface area contributed by atoms with Gasteiger partial charge in [0.1, 0.15) is 5.75 Å². The lowest BCUT2D eigenvalue weighted by atomic mass is 10.0. The predicted molar refractivity (Wildman–Crippen MR) is 91.0 cm³/mol. The van der Waals surface area contributed by atoms with Crippen molar-refractivity contribution in [2.75, 3.05) is 19.7 Å². The number of aromatic carboxylic acids is 1. The normalized spacial score (nSPS) is 15.2. The summed E-state index contributed by atoms with van der Waals surface area (Å²) in [6, 6.07) is 7.34. The van der Waals surface area contributed by atoms with Crippen LogP contribution < -0.4 is 4.74 Å². The van der Waals surface area contributed by atoms with E-state index in [4.69, 9.17) is 9.84 Å². The van der Waals surface area contributed by atoms with Crippen molar-refractivity contribution in [2.45, 2.75) is 25.8 Å². The molecule has 1 aliphatic rings. The van der Waals surface area contributed by atoms with E-state index in [1.54, 1.807) is 23.0 Å². The third kappa shape index (κ3) is 3.81. The number of likely N-dealkylation sites (tertiary alicyclic amines) is 1. The second-order valence-corrected chi connectivity index (χ2v) is 6.00. The number of carboxylic acids is 1. The number of benzene rings is 1. The summed E-state index contributed by atoms with van der Waals surface area (Å²) in [5, 5.41) is 13.1. The Balaban J connectivity index is 1.62. The van der Waals surface area contributed by atoms with Crippen LogP contribution in [0, 0.1) is 0 Å². The first kappa shape index (κ1) is 17.0. The summed E-state index contributed by atoms with van der Waals surface area (Å²) < 4.78 is 7.15. The quantitative estimate of drug-likeness (QED) is 0.901. The van der Waals surface area contributed by atoms with Crippen LogP contribution in [0.3, 0.4) is 0 Å². The minimum absolute atomic E-state index is 0.00769. The minimum Gasteiger partial charge on any atom is -0.494 e. The topological polar surface area (TPSA) is 84.7 Å². The van der Waals surface area contributed by atoms with Crippen molar-refractivity contribution in [3.63, 3.8) is 0 Å². The molecule has 132 valence electrons. The summed E-state index contributed by atoms with van der Waals surface area (Å²) >= 11 is 0. The van der Waals surface area contributed by atoms with Crippen LogP contribution in [0.15, 0.2) is 36.7 Å². The summed E-state index contributed by atoms with van der Waals surface area (Å²) in [5.41, 5.74) is 0.808. The molecule has 1 aromatic carbocycles. The molecule has 1 saturated heterocycles. The highest BCUT2D eigenvalue weighted by Crippen LogP contribution is 2.24. The van der Waals surface area contributed by atoms with Gasteiger partial charge in [-0.15, -0.1) is 0 Å². The van der Waals surface area contributed by atoms with Crippen molar-refractivity contribution in [3.8, 4) is 5.75 Å². The van der Waals surface area contributed by atoms with Crippen LogP contribution in [0.1, 0.15) is 46.5 Å². The molecule has 1 aliphatic heterocycles. The smallest absolute Gasteiger partial charge is 0.338 e. The van der Waals surface area contributed by atoms with Crippen LogP contribution in [0.2, 0.25) is 0 Å². The van der Waals surface area contributed by atoms with Gasteiger partial charge in [-0.1, -0.05) is 6.07 Å². The van der Waals surface area contributed by atoms with E-state index in [2.05, 4.69) is 5.10 Å². The van der Waals surface area contributed by atoms with Gasteiger partial charge in [0.2, 0.25) is 0 Å². The first-order valence-corrected chi connectivity index (χ1v) is 8.38. The monoisotopic (exact) mass is 343 g/mol. The lowest BCUT2D eigenvalue weighted by molar-refractivity contribution is 0.0688. The Morgan fingerprint density at radius 2 is 2.04 bits per heavy atom. The molecule has 0 aliphatic carbocycles. The number of carboxylic acid groups (broad SMARTS) is 1. The van der Waals surface area contributed by atoms with Gasteiger partial charge < -0.3 is 14.7 Å². The fourth-order valence-electron chi connectivity index (χ4n) is 3.05. The van der Waals surface area contributed by atoms with Crippen molar-refractivity contribution < 1.29 is 19.4 Å². The zero-order valence-electron chi connectivity index (χ0n) is 14.1. The Kier molecular flexibility index (Phi) is 5.02. The lowest BCUT2D eigenvalue weighted by Gasteiger charge is -2.32. The van der Waals surface area contributed by atoms with Crippen LogP contribution in [-0.2, 0) is 0 Å². The van der Waals surface area contributed by atoms with E-state index in [1.807, 2.05) is 24.0 Å². The number of rotatable bonds is 5. The highest BCUT2D eigenvalue weighted by atomic mass is 16.5. The molecule has 0 unspecified atom stereocenters. The number of hydrogen-bond acceptors (Lipinski definition) is 4. The van der Waals surface area contributed by atoms with Gasteiger partial charge in [0, 0.05) is 24.8 Å². The van der Waals surface area contributed by atoms with Gasteiger partial charge in [0.25, 0.3) is 5.91 Å². The van der Waals surface area contributed by atoms with Crippen LogP contribution >= 0.6 is 0 Å². The standard InChI is InChI=1S/C18H21N3O4/c1-2-25-16-5-3-4-13(10-16)17(22)20-8-6-15(7-9-20)21-12-14(11-19-21)18(23)24/h3-5,10-12,15H,2,6-9H2,1H3,(H,23,24). The first-order chi connectivity index (χ1) is 12.1. The lowest BCUT2D eigenvalue weighted by Crippen LogP contribution is -2.39. The fourth-order valence-corrected chi connectivity index (χ4v) is 3.05. The number of aromatic nitrogens is 2. The highest BCUT2D eigenvalue weighted by Gasteiger charge is 2.25. The van der Waals surface area contributed by atoms with Crippen LogP contribution in [0.4, 0.5) is 0 Å². The zero-order valence-corrected chi connectivity index (χ0v) is 14.1. The molecule has 7 heteroatoms. The molecule has 0 spiro atoms. The molecule has 25 heavy (non-hydrogen) atoms. The first-order valence-electron chi connectivity index (χ1n) is 8.38. The van der Waals surface area contributed by atoms with Gasteiger partial charge in [-0.2, -0.15) is 5.10 Å². The summed E-state index contributed by atoms with van der Waals surface area (Å²) in [6.07, 6.45) is 4.41. The number of ether oxygens (including phenoxy) is 1. The predicted octanol–water partition coefficient (Wildman–Crippen LogP) is 2.46. The SMILES string of the molecule is CCOc1cccc(C(=O)N2CCC(n3cc(C(=O)O)cn3)CC2)c1. The summed E-state index contributed by atoms with van der Waals surface area (Å²) in [7, 11) is 0. The Labute approximate surface area is 145 Å². The van der Waals surface area contributed by atoms with Gasteiger partial charge in [-0.05, 0) is 38.0 Å². The number of amides is 1. The molecule has 1 N–H and O–H groups in total. The number of nitrogens with zero attached hydrogens (tertiary/aromatic N) is 3. The van der Waals surface area contributed by atoms with E-state index in [-0.39, 0.29) is 17.5 Å². The Bertz CT molecular complexity index is 763. The van der Waals surface area contributed by atoms with Gasteiger partial charge in [0.05, 0.1) is 24.4 Å². The fraction of sp³-hybridized carbons (Fsp3) is 0.389. The van der Waals surface area contributed by atoms with Gasteiger partial charge in [0.15, 0.2) is 0 Å². The average Bonchev–Trinajstić information content (AvgIpc) is 3.12. The second kappa shape index (κ2) is 7.38. The Morgan fingerprint density at radius 1 is 1.28 bits per heavy atom. The number of hydrogen-bond donors (Lipinski definition) is 1. The highest BCUT2D eigenvalue weighted by molar-refractivity contribution is 5.94. The van der Waals surface area contributed by atoms with E-state index >= 15 is 0 Å². The third-order valence-corrected chi connectivity index (χ3v) is 4.37. The van der Waals surface area contributed by atoms with Crippen molar-refractivity contribution >= 4 is 11.9 Å². The van der Waals surface area contributed by atoms with Gasteiger partial charge >= 0.3 is 5.97 Å². The molecule has 2 aromatic rings. The molecule has 2 heterocycles. The molecule has 0 radical (unpaired) electrons. The van der Waals surface area contributed by atoms with Gasteiger partial charge in [-0.25, -0.2) is 4.79 Å². The Hall–Kier alpha value is -2.83. The van der Waals surface area contributed by atoms with E-state index in [1.165, 1.54) is 6.20 Å². The zero-order chi connectivity index (χ0) is 17.8. The Morgan fingerprint density at radius 3 is 2.68 bits per heavy atom. The van der Waals surface area contributed by atoms with Crippen LogP contribution in [0.5, 0.6) is 5.75 Å². The van der Waals surface area contributed by atoms with E-state index in [0.29, 0.717) is 31.0 Å². The maximum absolute atomic E-state index is 12.7. The summed E-state index contributed by atoms with van der Waals surface area (Å²) in [6.45, 7) is 3.70. The molecule has 0 atom stereocenters. The molecule has 3 rings (SSSR count). The maximum atomic E-state index is 12.7. The summed E-state index contributed by atoms with van der Waals surface area (Å²) in [5.74, 6) is -0.291. The molecule has 7 nitrogen and oxygen atoms in total. The molecule has 0 bridgehead atoms. The van der Waals surface area contributed by atoms with E-state index in [0.717, 1.165) is 12.8 Å². The molecule has 0 saturated carbocycles. The molecular formula is C18H21N3O4. The van der Waals surface area contributed by atoms with Crippen LogP contribution in [-0.4, -0.2) is 51.4 Å².